The molecule has 0 aliphatic rings. The van der Waals surface area contributed by atoms with Crippen LogP contribution in [-0.4, -0.2) is 6.21 Å². The van der Waals surface area contributed by atoms with Crippen molar-refractivity contribution in [2.24, 2.45) is 5.16 Å². The predicted octanol–water partition coefficient (Wildman–Crippen LogP) is 3.85. The lowest BCUT2D eigenvalue weighted by molar-refractivity contribution is -0.693. The molecule has 1 heterocycles. The second kappa shape index (κ2) is 7.27. The van der Waals surface area contributed by atoms with Crippen molar-refractivity contribution in [3.8, 4) is 0 Å². The number of hydrogen-bond donors (Lipinski definition) is 0. The summed E-state index contributed by atoms with van der Waals surface area (Å²) in [5, 5.41) is 5.08. The first-order valence-electron chi connectivity index (χ1n) is 6.28. The van der Waals surface area contributed by atoms with Crippen LogP contribution in [0.15, 0.2) is 47.9 Å². The Morgan fingerprint density at radius 3 is 2.40 bits per heavy atom. The van der Waals surface area contributed by atoms with E-state index in [1.165, 1.54) is 0 Å². The van der Waals surface area contributed by atoms with Gasteiger partial charge in [-0.1, -0.05) is 34.4 Å². The lowest BCUT2D eigenvalue weighted by Gasteiger charge is -2.04. The molecule has 104 valence electrons. The molecule has 2 rings (SSSR count). The predicted molar refractivity (Wildman–Crippen MR) is 81.2 cm³/mol. The van der Waals surface area contributed by atoms with Crippen LogP contribution < -0.4 is 4.57 Å². The van der Waals surface area contributed by atoms with Gasteiger partial charge in [-0.25, -0.2) is 4.57 Å². The van der Waals surface area contributed by atoms with Crippen molar-refractivity contribution in [1.82, 2.24) is 0 Å². The van der Waals surface area contributed by atoms with E-state index in [0.717, 1.165) is 17.7 Å². The van der Waals surface area contributed by atoms with Crippen molar-refractivity contribution < 1.29 is 9.40 Å². The van der Waals surface area contributed by atoms with E-state index in [0.29, 0.717) is 10.0 Å². The zero-order valence-electron chi connectivity index (χ0n) is 11.1. The first kappa shape index (κ1) is 14.8. The Morgan fingerprint density at radius 2 is 1.80 bits per heavy atom. The van der Waals surface area contributed by atoms with Crippen molar-refractivity contribution in [2.45, 2.75) is 20.1 Å². The molecule has 0 spiro atoms. The first-order valence-corrected chi connectivity index (χ1v) is 7.03. The molecule has 0 saturated carbocycles. The molecule has 20 heavy (non-hydrogen) atoms. The molecule has 0 unspecified atom stereocenters. The number of rotatable bonds is 5. The maximum atomic E-state index is 6.04. The van der Waals surface area contributed by atoms with Gasteiger partial charge in [0.25, 0.3) is 0 Å². The zero-order valence-corrected chi connectivity index (χ0v) is 12.6. The minimum absolute atomic E-state index is 0.247. The molecule has 1 aromatic carbocycles. The van der Waals surface area contributed by atoms with E-state index in [1.807, 2.05) is 24.5 Å². The molecule has 0 fully saturated rings. The number of pyridine rings is 1. The second-order valence-corrected chi connectivity index (χ2v) is 4.98. The SMILES string of the molecule is CC[n+]1ccc(/C=N/OCc2c(Cl)cccc2Cl)cc1. The van der Waals surface area contributed by atoms with E-state index in [-0.39, 0.29) is 6.61 Å². The summed E-state index contributed by atoms with van der Waals surface area (Å²) in [4.78, 5) is 5.24. The molecule has 2 aromatic rings. The van der Waals surface area contributed by atoms with Gasteiger partial charge in [0.15, 0.2) is 12.4 Å². The Balaban J connectivity index is 1.93. The van der Waals surface area contributed by atoms with E-state index in [2.05, 4.69) is 16.6 Å². The van der Waals surface area contributed by atoms with Gasteiger partial charge in [0, 0.05) is 33.3 Å². The quantitative estimate of drug-likeness (QED) is 0.468. The molecule has 0 aliphatic carbocycles. The molecule has 1 aromatic heterocycles. The van der Waals surface area contributed by atoms with Crippen LogP contribution in [0.5, 0.6) is 0 Å². The van der Waals surface area contributed by atoms with Crippen LogP contribution in [0.25, 0.3) is 0 Å². The highest BCUT2D eigenvalue weighted by molar-refractivity contribution is 6.35. The fourth-order valence-electron chi connectivity index (χ4n) is 1.64. The fraction of sp³-hybridized carbons (Fsp3) is 0.200. The number of benzene rings is 1. The number of aryl methyl sites for hydroxylation is 1. The van der Waals surface area contributed by atoms with Crippen LogP contribution in [0.4, 0.5) is 0 Å². The van der Waals surface area contributed by atoms with Gasteiger partial charge in [-0.05, 0) is 19.1 Å². The van der Waals surface area contributed by atoms with Gasteiger partial charge in [0.05, 0.1) is 6.21 Å². The van der Waals surface area contributed by atoms with E-state index in [9.17, 15) is 0 Å². The van der Waals surface area contributed by atoms with Crippen LogP contribution in [0.3, 0.4) is 0 Å². The monoisotopic (exact) mass is 309 g/mol. The van der Waals surface area contributed by atoms with Gasteiger partial charge in [0.1, 0.15) is 13.2 Å². The minimum atomic E-state index is 0.247. The summed E-state index contributed by atoms with van der Waals surface area (Å²) >= 11 is 12.1. The molecule has 0 N–H and O–H groups in total. The van der Waals surface area contributed by atoms with E-state index in [4.69, 9.17) is 28.0 Å². The lowest BCUT2D eigenvalue weighted by atomic mass is 10.2. The van der Waals surface area contributed by atoms with Crippen LogP contribution in [0.1, 0.15) is 18.1 Å². The highest BCUT2D eigenvalue weighted by Gasteiger charge is 2.05. The van der Waals surface area contributed by atoms with Gasteiger partial charge in [-0.3, -0.25) is 0 Å². The maximum Gasteiger partial charge on any atom is 0.169 e. The minimum Gasteiger partial charge on any atom is -0.391 e. The smallest absolute Gasteiger partial charge is 0.169 e. The Bertz CT molecular complexity index is 577. The summed E-state index contributed by atoms with van der Waals surface area (Å²) in [5.74, 6) is 0. The molecule has 0 bridgehead atoms. The van der Waals surface area contributed by atoms with Crippen LogP contribution in [0.2, 0.25) is 10.0 Å². The summed E-state index contributed by atoms with van der Waals surface area (Å²) < 4.78 is 2.07. The van der Waals surface area contributed by atoms with Crippen molar-refractivity contribution in [3.63, 3.8) is 0 Å². The molecule has 0 radical (unpaired) electrons. The van der Waals surface area contributed by atoms with Crippen molar-refractivity contribution in [1.29, 1.82) is 0 Å². The highest BCUT2D eigenvalue weighted by Crippen LogP contribution is 2.24. The number of aromatic nitrogens is 1. The molecule has 0 amide bonds. The second-order valence-electron chi connectivity index (χ2n) is 4.17. The topological polar surface area (TPSA) is 25.5 Å². The van der Waals surface area contributed by atoms with Crippen LogP contribution in [0, 0.1) is 0 Å². The molecule has 0 atom stereocenters. The van der Waals surface area contributed by atoms with Crippen molar-refractivity contribution in [2.75, 3.05) is 0 Å². The first-order chi connectivity index (χ1) is 9.70. The normalized spacial score (nSPS) is 10.9. The van der Waals surface area contributed by atoms with E-state index >= 15 is 0 Å². The summed E-state index contributed by atoms with van der Waals surface area (Å²) in [5.41, 5.74) is 1.71. The van der Waals surface area contributed by atoms with Gasteiger partial charge in [0.2, 0.25) is 0 Å². The molecular weight excluding hydrogens is 295 g/mol. The van der Waals surface area contributed by atoms with Gasteiger partial charge >= 0.3 is 0 Å². The fourth-order valence-corrected chi connectivity index (χ4v) is 2.14. The standard InChI is InChI=1S/C15H15Cl2N2O/c1-2-19-8-6-12(7-9-19)10-18-20-11-13-14(16)4-3-5-15(13)17/h3-10H,2,11H2,1H3/q+1/b18-10+. The number of nitrogens with zero attached hydrogens (tertiary/aromatic N) is 2. The van der Waals surface area contributed by atoms with Crippen molar-refractivity contribution >= 4 is 29.4 Å². The van der Waals surface area contributed by atoms with Gasteiger partial charge in [-0.15, -0.1) is 0 Å². The lowest BCUT2D eigenvalue weighted by Crippen LogP contribution is -2.30. The average Bonchev–Trinajstić information content (AvgIpc) is 2.46. The highest BCUT2D eigenvalue weighted by atomic mass is 35.5. The maximum absolute atomic E-state index is 6.04. The van der Waals surface area contributed by atoms with Gasteiger partial charge < -0.3 is 4.84 Å². The van der Waals surface area contributed by atoms with Gasteiger partial charge in [-0.2, -0.15) is 0 Å². The van der Waals surface area contributed by atoms with E-state index in [1.54, 1.807) is 24.4 Å². The summed E-state index contributed by atoms with van der Waals surface area (Å²) in [6.45, 7) is 3.28. The number of hydrogen-bond acceptors (Lipinski definition) is 2. The third-order valence-electron chi connectivity index (χ3n) is 2.83. The van der Waals surface area contributed by atoms with Crippen molar-refractivity contribution in [3.05, 3.63) is 63.9 Å². The van der Waals surface area contributed by atoms with Crippen LogP contribution >= 0.6 is 23.2 Å². The molecule has 0 saturated heterocycles. The molecular formula is C15H15Cl2N2O+. The summed E-state index contributed by atoms with van der Waals surface area (Å²) in [7, 11) is 0. The third kappa shape index (κ3) is 3.95. The largest absolute Gasteiger partial charge is 0.391 e. The Kier molecular flexibility index (Phi) is 5.39. The summed E-state index contributed by atoms with van der Waals surface area (Å²) in [6.07, 6.45) is 5.64. The molecule has 5 heteroatoms. The average molecular weight is 310 g/mol. The zero-order chi connectivity index (χ0) is 14.4. The third-order valence-corrected chi connectivity index (χ3v) is 3.54. The molecule has 3 nitrogen and oxygen atoms in total. The number of halogens is 2. The Hall–Kier alpha value is -1.58. The Morgan fingerprint density at radius 1 is 1.15 bits per heavy atom. The summed E-state index contributed by atoms with van der Waals surface area (Å²) in [6, 6.07) is 9.29. The molecule has 0 aliphatic heterocycles. The number of oxime groups is 1. The Labute approximate surface area is 128 Å². The van der Waals surface area contributed by atoms with E-state index < -0.39 is 0 Å². The van der Waals surface area contributed by atoms with Crippen LogP contribution in [-0.2, 0) is 18.0 Å².